The summed E-state index contributed by atoms with van der Waals surface area (Å²) >= 11 is 8.60. The van der Waals surface area contributed by atoms with Crippen LogP contribution in [0.5, 0.6) is 0 Å². The van der Waals surface area contributed by atoms with Crippen molar-refractivity contribution in [2.75, 3.05) is 10.6 Å². The van der Waals surface area contributed by atoms with Crippen LogP contribution in [-0.2, 0) is 9.59 Å². The summed E-state index contributed by atoms with van der Waals surface area (Å²) in [4.78, 5) is 28.9. The van der Waals surface area contributed by atoms with Crippen LogP contribution in [0.1, 0.15) is 6.42 Å². The quantitative estimate of drug-likeness (QED) is 0.900. The Labute approximate surface area is 134 Å². The lowest BCUT2D eigenvalue weighted by atomic mass is 10.2. The minimum atomic E-state index is -0.460. The minimum Gasteiger partial charge on any atom is -0.324 e. The molecule has 0 saturated heterocycles. The maximum absolute atomic E-state index is 12.0. The zero-order valence-electron chi connectivity index (χ0n) is 10.6. The van der Waals surface area contributed by atoms with Gasteiger partial charge in [-0.05, 0) is 18.2 Å². The summed E-state index contributed by atoms with van der Waals surface area (Å²) in [7, 11) is 0. The molecule has 1 aliphatic rings. The molecule has 2 amide bonds. The smallest absolute Gasteiger partial charge is 0.238 e. The van der Waals surface area contributed by atoms with Crippen molar-refractivity contribution in [1.82, 2.24) is 4.98 Å². The molecule has 0 bridgehead atoms. The second-order valence-electron chi connectivity index (χ2n) is 4.33. The Morgan fingerprint density at radius 1 is 1.48 bits per heavy atom. The molecule has 1 aliphatic heterocycles. The predicted molar refractivity (Wildman–Crippen MR) is 85.1 cm³/mol. The highest BCUT2D eigenvalue weighted by Crippen LogP contribution is 2.38. The lowest BCUT2D eigenvalue weighted by molar-refractivity contribution is -0.120. The number of hydrogen-bond acceptors (Lipinski definition) is 5. The molecule has 1 aromatic heterocycles. The van der Waals surface area contributed by atoms with Crippen LogP contribution in [-0.4, -0.2) is 22.0 Å². The number of fused-ring (bicyclic) bond motifs is 1. The molecule has 0 radical (unpaired) electrons. The summed E-state index contributed by atoms with van der Waals surface area (Å²) in [6.45, 7) is 0. The third-order valence-corrected chi connectivity index (χ3v) is 5.01. The molecule has 108 valence electrons. The maximum Gasteiger partial charge on any atom is 0.238 e. The van der Waals surface area contributed by atoms with Crippen LogP contribution in [0.15, 0.2) is 34.7 Å². The van der Waals surface area contributed by atoms with E-state index in [9.17, 15) is 9.59 Å². The maximum atomic E-state index is 12.0. The van der Waals surface area contributed by atoms with E-state index in [0.29, 0.717) is 15.8 Å². The van der Waals surface area contributed by atoms with E-state index in [-0.39, 0.29) is 18.2 Å². The third-order valence-electron chi connectivity index (χ3n) is 2.81. The molecule has 1 unspecified atom stereocenters. The van der Waals surface area contributed by atoms with Crippen molar-refractivity contribution < 1.29 is 9.59 Å². The fourth-order valence-corrected chi connectivity index (χ4v) is 3.69. The van der Waals surface area contributed by atoms with Gasteiger partial charge < -0.3 is 10.6 Å². The lowest BCUT2D eigenvalue weighted by Gasteiger charge is -2.23. The van der Waals surface area contributed by atoms with Gasteiger partial charge in [-0.1, -0.05) is 11.6 Å². The van der Waals surface area contributed by atoms with Crippen molar-refractivity contribution in [3.8, 4) is 0 Å². The fourth-order valence-electron chi connectivity index (χ4n) is 1.88. The van der Waals surface area contributed by atoms with Gasteiger partial charge in [-0.25, -0.2) is 4.98 Å². The van der Waals surface area contributed by atoms with Gasteiger partial charge >= 0.3 is 0 Å². The number of halogens is 1. The molecule has 2 aromatic rings. The number of nitrogens with zero attached hydrogens (tertiary/aromatic N) is 1. The predicted octanol–water partition coefficient (Wildman–Crippen LogP) is 3.24. The van der Waals surface area contributed by atoms with Crippen molar-refractivity contribution >= 4 is 57.3 Å². The van der Waals surface area contributed by atoms with Crippen LogP contribution in [0.3, 0.4) is 0 Å². The molecular weight excluding hydrogens is 330 g/mol. The van der Waals surface area contributed by atoms with Gasteiger partial charge in [-0.3, -0.25) is 9.59 Å². The van der Waals surface area contributed by atoms with Gasteiger partial charge in [-0.2, -0.15) is 0 Å². The number of thiazole rings is 1. The number of carbonyl (C=O) groups is 2. The van der Waals surface area contributed by atoms with Crippen molar-refractivity contribution in [3.05, 3.63) is 34.8 Å². The van der Waals surface area contributed by atoms with Crippen molar-refractivity contribution in [3.63, 3.8) is 0 Å². The molecule has 1 aromatic carbocycles. The molecule has 2 heterocycles. The largest absolute Gasteiger partial charge is 0.324 e. The van der Waals surface area contributed by atoms with E-state index in [2.05, 4.69) is 15.6 Å². The third kappa shape index (κ3) is 3.37. The molecule has 0 spiro atoms. The topological polar surface area (TPSA) is 71.1 Å². The standard InChI is InChI=1S/C13H10ClN3O2S2/c14-7-1-2-9-8(5-7)16-12(19)10(21-9)6-11(18)17-13-15-3-4-20-13/h1-5,10H,6H2,(H,16,19)(H,15,17,18). The molecule has 0 saturated carbocycles. The van der Waals surface area contributed by atoms with Gasteiger partial charge in [0.05, 0.1) is 10.9 Å². The van der Waals surface area contributed by atoms with Gasteiger partial charge in [0, 0.05) is 27.9 Å². The van der Waals surface area contributed by atoms with Gasteiger partial charge in [-0.15, -0.1) is 23.1 Å². The first-order chi connectivity index (χ1) is 10.1. The Morgan fingerprint density at radius 3 is 3.10 bits per heavy atom. The fraction of sp³-hybridized carbons (Fsp3) is 0.154. The van der Waals surface area contributed by atoms with Gasteiger partial charge in [0.2, 0.25) is 11.8 Å². The summed E-state index contributed by atoms with van der Waals surface area (Å²) in [5.74, 6) is -0.418. The zero-order chi connectivity index (χ0) is 14.8. The molecule has 0 fully saturated rings. The monoisotopic (exact) mass is 339 g/mol. The molecule has 3 rings (SSSR count). The van der Waals surface area contributed by atoms with Gasteiger partial charge in [0.15, 0.2) is 5.13 Å². The van der Waals surface area contributed by atoms with E-state index in [1.807, 2.05) is 6.07 Å². The molecule has 0 aliphatic carbocycles. The normalized spacial score (nSPS) is 17.0. The summed E-state index contributed by atoms with van der Waals surface area (Å²) in [6, 6.07) is 5.30. The number of thioether (sulfide) groups is 1. The van der Waals surface area contributed by atoms with E-state index in [4.69, 9.17) is 11.6 Å². The minimum absolute atomic E-state index is 0.0954. The van der Waals surface area contributed by atoms with E-state index < -0.39 is 5.25 Å². The van der Waals surface area contributed by atoms with Crippen molar-refractivity contribution in [1.29, 1.82) is 0 Å². The summed E-state index contributed by atoms with van der Waals surface area (Å²) in [6.07, 6.45) is 1.71. The summed E-state index contributed by atoms with van der Waals surface area (Å²) in [5, 5.41) is 7.87. The summed E-state index contributed by atoms with van der Waals surface area (Å²) < 4.78 is 0. The van der Waals surface area contributed by atoms with Crippen LogP contribution in [0.4, 0.5) is 10.8 Å². The average molecular weight is 340 g/mol. The van der Waals surface area contributed by atoms with Gasteiger partial charge in [0.1, 0.15) is 0 Å². The SMILES string of the molecule is O=C(CC1Sc2ccc(Cl)cc2NC1=O)Nc1nccs1. The highest BCUT2D eigenvalue weighted by atomic mass is 35.5. The number of carbonyl (C=O) groups excluding carboxylic acids is 2. The van der Waals surface area contributed by atoms with Crippen LogP contribution in [0.2, 0.25) is 5.02 Å². The number of benzene rings is 1. The number of amides is 2. The Hall–Kier alpha value is -1.57. The summed E-state index contributed by atoms with van der Waals surface area (Å²) in [5.41, 5.74) is 0.689. The van der Waals surface area contributed by atoms with E-state index in [0.717, 1.165) is 4.90 Å². The van der Waals surface area contributed by atoms with Crippen LogP contribution >= 0.6 is 34.7 Å². The molecular formula is C13H10ClN3O2S2. The second kappa shape index (κ2) is 6.05. The van der Waals surface area contributed by atoms with E-state index >= 15 is 0 Å². The van der Waals surface area contributed by atoms with Crippen molar-refractivity contribution in [2.45, 2.75) is 16.6 Å². The second-order valence-corrected chi connectivity index (χ2v) is 6.90. The number of nitrogens with one attached hydrogen (secondary N) is 2. The Bertz CT molecular complexity index is 691. The van der Waals surface area contributed by atoms with E-state index in [1.54, 1.807) is 23.7 Å². The molecule has 1 atom stereocenters. The van der Waals surface area contributed by atoms with Crippen LogP contribution in [0.25, 0.3) is 0 Å². The number of anilines is 2. The highest BCUT2D eigenvalue weighted by Gasteiger charge is 2.29. The lowest BCUT2D eigenvalue weighted by Crippen LogP contribution is -2.32. The molecule has 8 heteroatoms. The van der Waals surface area contributed by atoms with Crippen molar-refractivity contribution in [2.24, 2.45) is 0 Å². The first kappa shape index (κ1) is 14.4. The molecule has 5 nitrogen and oxygen atoms in total. The number of rotatable bonds is 3. The highest BCUT2D eigenvalue weighted by molar-refractivity contribution is 8.01. The Balaban J connectivity index is 1.68. The number of aromatic nitrogens is 1. The zero-order valence-corrected chi connectivity index (χ0v) is 13.0. The van der Waals surface area contributed by atoms with Crippen LogP contribution < -0.4 is 10.6 Å². The van der Waals surface area contributed by atoms with E-state index in [1.165, 1.54) is 23.1 Å². The first-order valence-electron chi connectivity index (χ1n) is 6.08. The Kier molecular flexibility index (Phi) is 4.14. The van der Waals surface area contributed by atoms with Crippen LogP contribution in [0, 0.1) is 0 Å². The number of hydrogen-bond donors (Lipinski definition) is 2. The molecule has 21 heavy (non-hydrogen) atoms. The average Bonchev–Trinajstić information content (AvgIpc) is 2.92. The Morgan fingerprint density at radius 2 is 2.33 bits per heavy atom. The van der Waals surface area contributed by atoms with Gasteiger partial charge in [0.25, 0.3) is 0 Å². The first-order valence-corrected chi connectivity index (χ1v) is 8.22. The molecule has 2 N–H and O–H groups in total.